The second-order valence-electron chi connectivity index (χ2n) is 5.90. The van der Waals surface area contributed by atoms with Crippen LogP contribution in [0.1, 0.15) is 72.4 Å². The number of hydrogen-bond donors (Lipinski definition) is 1. The van der Waals surface area contributed by atoms with E-state index in [4.69, 9.17) is 16.3 Å². The Balaban J connectivity index is 3.41. The second kappa shape index (κ2) is 8.92. The van der Waals surface area contributed by atoms with E-state index in [1.165, 1.54) is 6.07 Å². The predicted octanol–water partition coefficient (Wildman–Crippen LogP) is 4.76. The number of carbonyl (C=O) groups excluding carboxylic acids is 1. The van der Waals surface area contributed by atoms with Gasteiger partial charge in [0.05, 0.1) is 17.7 Å². The lowest BCUT2D eigenvalue weighted by molar-refractivity contribution is 0.0514. The molecule has 0 saturated carbocycles. The molecule has 0 radical (unpaired) electrons. The highest BCUT2D eigenvalue weighted by Gasteiger charge is 2.25. The normalized spacial score (nSPS) is 10.9. The molecule has 4 nitrogen and oxygen atoms in total. The highest BCUT2D eigenvalue weighted by Crippen LogP contribution is 2.30. The van der Waals surface area contributed by atoms with Gasteiger partial charge in [0.25, 0.3) is 0 Å². The number of carboxylic acid groups (broad SMARTS) is 1. The lowest BCUT2D eigenvalue weighted by Gasteiger charge is -2.17. The van der Waals surface area contributed by atoms with Crippen molar-refractivity contribution in [2.24, 2.45) is 5.92 Å². The first kappa shape index (κ1) is 19.5. The van der Waals surface area contributed by atoms with E-state index in [1.807, 2.05) is 6.92 Å². The van der Waals surface area contributed by atoms with Gasteiger partial charge < -0.3 is 9.84 Å². The maximum Gasteiger partial charge on any atom is 0.339 e. The van der Waals surface area contributed by atoms with Gasteiger partial charge in [-0.05, 0) is 49.3 Å². The van der Waals surface area contributed by atoms with Gasteiger partial charge in [-0.1, -0.05) is 38.8 Å². The van der Waals surface area contributed by atoms with Crippen molar-refractivity contribution in [2.75, 3.05) is 6.61 Å². The van der Waals surface area contributed by atoms with Crippen LogP contribution < -0.4 is 0 Å². The Morgan fingerprint density at radius 2 is 1.91 bits per heavy atom. The van der Waals surface area contributed by atoms with Crippen LogP contribution in [0.25, 0.3) is 0 Å². The van der Waals surface area contributed by atoms with E-state index in [0.717, 1.165) is 18.4 Å². The average Bonchev–Trinajstić information content (AvgIpc) is 2.46. The minimum Gasteiger partial charge on any atom is -0.478 e. The molecule has 0 saturated heterocycles. The molecule has 5 heteroatoms. The molecule has 1 N–H and O–H groups in total. The van der Waals surface area contributed by atoms with Crippen molar-refractivity contribution in [2.45, 2.75) is 53.4 Å². The monoisotopic (exact) mass is 340 g/mol. The van der Waals surface area contributed by atoms with Crippen LogP contribution in [0.2, 0.25) is 5.02 Å². The molecule has 0 aliphatic heterocycles. The third-order valence-corrected chi connectivity index (χ3v) is 4.10. The summed E-state index contributed by atoms with van der Waals surface area (Å²) in [6.07, 6.45) is 3.06. The molecule has 0 bridgehead atoms. The third-order valence-electron chi connectivity index (χ3n) is 3.77. The van der Waals surface area contributed by atoms with Gasteiger partial charge >= 0.3 is 11.9 Å². The van der Waals surface area contributed by atoms with Crippen LogP contribution >= 0.6 is 11.6 Å². The smallest absolute Gasteiger partial charge is 0.339 e. The van der Waals surface area contributed by atoms with Crippen molar-refractivity contribution in [3.05, 3.63) is 33.3 Å². The summed E-state index contributed by atoms with van der Waals surface area (Å²) in [6.45, 7) is 8.06. The zero-order valence-corrected chi connectivity index (χ0v) is 15.0. The fourth-order valence-electron chi connectivity index (χ4n) is 2.70. The molecule has 0 aliphatic rings. The maximum absolute atomic E-state index is 12.1. The van der Waals surface area contributed by atoms with Crippen molar-refractivity contribution >= 4 is 23.5 Å². The fraction of sp³-hybridized carbons (Fsp3) is 0.556. The zero-order chi connectivity index (χ0) is 17.6. The Kier molecular flexibility index (Phi) is 7.56. The Bertz CT molecular complexity index is 579. The summed E-state index contributed by atoms with van der Waals surface area (Å²) in [5.74, 6) is -1.21. The van der Waals surface area contributed by atoms with E-state index in [9.17, 15) is 14.7 Å². The van der Waals surface area contributed by atoms with Crippen LogP contribution in [0.4, 0.5) is 0 Å². The maximum atomic E-state index is 12.1. The quantitative estimate of drug-likeness (QED) is 0.693. The second-order valence-corrected chi connectivity index (χ2v) is 6.31. The van der Waals surface area contributed by atoms with Crippen LogP contribution in [-0.4, -0.2) is 23.7 Å². The van der Waals surface area contributed by atoms with Gasteiger partial charge in [0.1, 0.15) is 0 Å². The number of esters is 1. The molecule has 1 aromatic rings. The summed E-state index contributed by atoms with van der Waals surface area (Å²) in [4.78, 5) is 23.9. The number of aromatic carboxylic acids is 1. The Labute approximate surface area is 142 Å². The van der Waals surface area contributed by atoms with Crippen LogP contribution in [0.15, 0.2) is 6.07 Å². The molecule has 0 atom stereocenters. The van der Waals surface area contributed by atoms with Crippen molar-refractivity contribution in [1.82, 2.24) is 0 Å². The van der Waals surface area contributed by atoms with E-state index < -0.39 is 11.9 Å². The summed E-state index contributed by atoms with van der Waals surface area (Å²) < 4.78 is 4.98. The first-order chi connectivity index (χ1) is 10.8. The highest BCUT2D eigenvalue weighted by atomic mass is 35.5. The van der Waals surface area contributed by atoms with Crippen molar-refractivity contribution < 1.29 is 19.4 Å². The first-order valence-electron chi connectivity index (χ1n) is 8.08. The minimum atomic E-state index is -1.11. The van der Waals surface area contributed by atoms with Crippen LogP contribution in [-0.2, 0) is 17.6 Å². The van der Waals surface area contributed by atoms with Gasteiger partial charge in [0.15, 0.2) is 0 Å². The minimum absolute atomic E-state index is 0.0356. The first-order valence-corrected chi connectivity index (χ1v) is 8.45. The van der Waals surface area contributed by atoms with Gasteiger partial charge in [0.2, 0.25) is 0 Å². The Morgan fingerprint density at radius 1 is 1.26 bits per heavy atom. The number of hydrogen-bond acceptors (Lipinski definition) is 3. The van der Waals surface area contributed by atoms with E-state index >= 15 is 0 Å². The van der Waals surface area contributed by atoms with Gasteiger partial charge in [0, 0.05) is 5.02 Å². The Hall–Kier alpha value is -1.55. The largest absolute Gasteiger partial charge is 0.478 e. The molecule has 0 aliphatic carbocycles. The van der Waals surface area contributed by atoms with Gasteiger partial charge in [-0.3, -0.25) is 0 Å². The summed E-state index contributed by atoms with van der Waals surface area (Å²) in [7, 11) is 0. The third kappa shape index (κ3) is 4.96. The molecular weight excluding hydrogens is 316 g/mol. The molecule has 0 spiro atoms. The summed E-state index contributed by atoms with van der Waals surface area (Å²) in [6, 6.07) is 1.42. The molecule has 0 unspecified atom stereocenters. The fourth-order valence-corrected chi connectivity index (χ4v) is 3.06. The SMILES string of the molecule is CCOC(=O)c1cc(Cl)c(CC)c(CCCC(C)C)c1C(=O)O. The molecule has 128 valence electrons. The van der Waals surface area contributed by atoms with Crippen LogP contribution in [0.3, 0.4) is 0 Å². The summed E-state index contributed by atoms with van der Waals surface area (Å²) in [5.41, 5.74) is 1.55. The van der Waals surface area contributed by atoms with Crippen molar-refractivity contribution in [3.8, 4) is 0 Å². The molecule has 0 heterocycles. The molecule has 23 heavy (non-hydrogen) atoms. The van der Waals surface area contributed by atoms with Gasteiger partial charge in [-0.2, -0.15) is 0 Å². The number of carbonyl (C=O) groups is 2. The predicted molar refractivity (Wildman–Crippen MR) is 91.5 cm³/mol. The standard InChI is InChI=1S/C18H25ClO4/c1-5-12-13(9-7-8-11(3)4)16(17(20)21)14(10-15(12)19)18(22)23-6-2/h10-11H,5-9H2,1-4H3,(H,20,21). The molecular formula is C18H25ClO4. The lowest BCUT2D eigenvalue weighted by Crippen LogP contribution is -2.16. The van der Waals surface area contributed by atoms with Gasteiger partial charge in [-0.25, -0.2) is 9.59 Å². The van der Waals surface area contributed by atoms with Crippen molar-refractivity contribution in [1.29, 1.82) is 0 Å². The molecule has 0 aromatic heterocycles. The lowest BCUT2D eigenvalue weighted by atomic mass is 9.90. The van der Waals surface area contributed by atoms with E-state index in [0.29, 0.717) is 29.3 Å². The van der Waals surface area contributed by atoms with Crippen LogP contribution in [0.5, 0.6) is 0 Å². The van der Waals surface area contributed by atoms with Gasteiger partial charge in [-0.15, -0.1) is 0 Å². The number of carboxylic acids is 1. The molecule has 1 aromatic carbocycles. The van der Waals surface area contributed by atoms with Crippen LogP contribution in [0, 0.1) is 5.92 Å². The van der Waals surface area contributed by atoms with Crippen molar-refractivity contribution in [3.63, 3.8) is 0 Å². The summed E-state index contributed by atoms with van der Waals surface area (Å²) >= 11 is 6.30. The molecule has 0 amide bonds. The average molecular weight is 341 g/mol. The van der Waals surface area contributed by atoms with E-state index in [2.05, 4.69) is 13.8 Å². The van der Waals surface area contributed by atoms with E-state index in [-0.39, 0.29) is 17.7 Å². The molecule has 1 rings (SSSR count). The Morgan fingerprint density at radius 3 is 2.39 bits per heavy atom. The topological polar surface area (TPSA) is 63.6 Å². The number of rotatable bonds is 8. The van der Waals surface area contributed by atoms with E-state index in [1.54, 1.807) is 6.92 Å². The number of benzene rings is 1. The highest BCUT2D eigenvalue weighted by molar-refractivity contribution is 6.32. The number of halogens is 1. The zero-order valence-electron chi connectivity index (χ0n) is 14.2. The molecule has 0 fully saturated rings. The number of ether oxygens (including phenoxy) is 1. The summed E-state index contributed by atoms with van der Waals surface area (Å²) in [5, 5.41) is 10.1.